The summed E-state index contributed by atoms with van der Waals surface area (Å²) in [7, 11) is -2.78. The van der Waals surface area contributed by atoms with Gasteiger partial charge in [-0.1, -0.05) is 43.6 Å². The molecule has 1 heterocycles. The molecular weight excluding hydrogens is 600 g/mol. The van der Waals surface area contributed by atoms with E-state index >= 15 is 0 Å². The Morgan fingerprint density at radius 1 is 1.19 bits per heavy atom. The van der Waals surface area contributed by atoms with Crippen LogP contribution in [0.5, 0.6) is 0 Å². The van der Waals surface area contributed by atoms with Crippen LogP contribution in [-0.4, -0.2) is 69.9 Å². The van der Waals surface area contributed by atoms with E-state index in [0.717, 1.165) is 6.42 Å². The number of allylic oxidation sites excluding steroid dienone is 1. The molecule has 2 fully saturated rings. The minimum atomic E-state index is -4.08. The maximum atomic E-state index is 12.9. The summed E-state index contributed by atoms with van der Waals surface area (Å²) in [5.41, 5.74) is 6.58. The van der Waals surface area contributed by atoms with Gasteiger partial charge in [-0.3, -0.25) is 9.35 Å². The molecule has 2 saturated carbocycles. The van der Waals surface area contributed by atoms with E-state index in [0.29, 0.717) is 53.5 Å². The lowest BCUT2D eigenvalue weighted by atomic mass is 9.70. The maximum Gasteiger partial charge on any atom is 0.336 e. The molecule has 3 aliphatic rings. The predicted molar refractivity (Wildman–Crippen MR) is 161 cm³/mol. The zero-order valence-electron chi connectivity index (χ0n) is 25.2. The Hall–Kier alpha value is -2.77. The number of carbonyl (C=O) groups excluding carboxylic acids is 3. The molecule has 0 aromatic heterocycles. The Balaban J connectivity index is 0.000000282. The third kappa shape index (κ3) is 7.15. The van der Waals surface area contributed by atoms with Crippen LogP contribution in [0, 0.1) is 16.7 Å². The molecule has 13 heteroatoms. The Morgan fingerprint density at radius 2 is 1.86 bits per heavy atom. The number of rotatable bonds is 10. The molecule has 3 atom stereocenters. The van der Waals surface area contributed by atoms with Gasteiger partial charge in [0.25, 0.3) is 10.1 Å². The summed E-state index contributed by atoms with van der Waals surface area (Å²) in [6.45, 7) is 8.31. The summed E-state index contributed by atoms with van der Waals surface area (Å²) < 4.78 is 46.8. The highest BCUT2D eigenvalue weighted by molar-refractivity contribution is 7.85. The van der Waals surface area contributed by atoms with E-state index in [1.54, 1.807) is 38.1 Å². The number of hydrogen-bond acceptors (Lipinski definition) is 10. The number of fused-ring (bicyclic) bond motifs is 2. The summed E-state index contributed by atoms with van der Waals surface area (Å²) in [6, 6.07) is 7.05. The predicted octanol–water partition coefficient (Wildman–Crippen LogP) is 3.54. The molecule has 11 nitrogen and oxygen atoms in total. The van der Waals surface area contributed by atoms with Crippen molar-refractivity contribution in [2.24, 2.45) is 22.5 Å². The van der Waals surface area contributed by atoms with E-state index in [1.165, 1.54) is 7.11 Å². The molecule has 2 bridgehead atoms. The van der Waals surface area contributed by atoms with E-state index in [2.05, 4.69) is 5.32 Å². The third-order valence-corrected chi connectivity index (χ3v) is 10.0. The average Bonchev–Trinajstić information content (AvgIpc) is 3.26. The molecule has 1 aliphatic heterocycles. The molecule has 1 aromatic rings. The monoisotopic (exact) mass is 640 g/mol. The first-order valence-electron chi connectivity index (χ1n) is 14.1. The van der Waals surface area contributed by atoms with Crippen molar-refractivity contribution in [2.45, 2.75) is 52.9 Å². The number of ether oxygens (including phenoxy) is 3. The van der Waals surface area contributed by atoms with Crippen molar-refractivity contribution in [3.8, 4) is 0 Å². The Kier molecular flexibility index (Phi) is 11.2. The molecule has 4 rings (SSSR count). The topological polar surface area (TPSA) is 171 Å². The second-order valence-electron chi connectivity index (χ2n) is 11.5. The second kappa shape index (κ2) is 13.9. The first kappa shape index (κ1) is 34.7. The molecule has 0 amide bonds. The van der Waals surface area contributed by atoms with Gasteiger partial charge < -0.3 is 25.3 Å². The van der Waals surface area contributed by atoms with Crippen molar-refractivity contribution in [3.63, 3.8) is 0 Å². The number of methoxy groups -OCH3 is 1. The third-order valence-electron chi connectivity index (χ3n) is 8.84. The van der Waals surface area contributed by atoms with Gasteiger partial charge in [0.2, 0.25) is 0 Å². The van der Waals surface area contributed by atoms with Gasteiger partial charge in [-0.2, -0.15) is 8.42 Å². The Morgan fingerprint density at radius 3 is 2.37 bits per heavy atom. The number of carbonyl (C=O) groups is 3. The molecule has 43 heavy (non-hydrogen) atoms. The smallest absolute Gasteiger partial charge is 0.336 e. The number of nitrogens with one attached hydrogen (secondary N) is 1. The summed E-state index contributed by atoms with van der Waals surface area (Å²) in [5, 5.41) is 3.52. The minimum absolute atomic E-state index is 0.0152. The second-order valence-corrected chi connectivity index (χ2v) is 13.3. The number of Topliss-reactive ketones (excluding diaryl/α,β-unsaturated/α-hetero) is 1. The van der Waals surface area contributed by atoms with Crippen molar-refractivity contribution in [2.75, 3.05) is 39.2 Å². The molecular formula is C30H41ClN2O9S. The van der Waals surface area contributed by atoms with E-state index in [1.807, 2.05) is 13.8 Å². The first-order chi connectivity index (χ1) is 20.1. The average molecular weight is 641 g/mol. The zero-order valence-corrected chi connectivity index (χ0v) is 26.8. The highest BCUT2D eigenvalue weighted by Crippen LogP contribution is 2.64. The van der Waals surface area contributed by atoms with Gasteiger partial charge in [-0.25, -0.2) is 9.59 Å². The summed E-state index contributed by atoms with van der Waals surface area (Å²) >= 11 is 6.42. The first-order valence-corrected chi connectivity index (χ1v) is 16.1. The van der Waals surface area contributed by atoms with Crippen LogP contribution in [0.4, 0.5) is 0 Å². The summed E-state index contributed by atoms with van der Waals surface area (Å²) in [4.78, 5) is 37.3. The molecule has 4 N–H and O–H groups in total. The largest absolute Gasteiger partial charge is 0.466 e. The fraction of sp³-hybridized carbons (Fsp3) is 0.567. The van der Waals surface area contributed by atoms with Crippen molar-refractivity contribution in [1.82, 2.24) is 5.32 Å². The quantitative estimate of drug-likeness (QED) is 0.194. The van der Waals surface area contributed by atoms with Crippen LogP contribution in [0.2, 0.25) is 5.02 Å². The number of dihydropyridines is 1. The number of nitrogens with two attached hydrogens (primary N) is 1. The molecule has 2 aliphatic carbocycles. The maximum absolute atomic E-state index is 12.9. The van der Waals surface area contributed by atoms with Crippen LogP contribution in [0.3, 0.4) is 0 Å². The fourth-order valence-corrected chi connectivity index (χ4v) is 8.08. The van der Waals surface area contributed by atoms with Crippen LogP contribution >= 0.6 is 11.6 Å². The number of halogens is 1. The van der Waals surface area contributed by atoms with Crippen LogP contribution in [0.25, 0.3) is 0 Å². The van der Waals surface area contributed by atoms with E-state index < -0.39 is 39.1 Å². The molecule has 238 valence electrons. The molecule has 0 spiro atoms. The summed E-state index contributed by atoms with van der Waals surface area (Å²) in [6.07, 6.45) is 1.97. The number of benzene rings is 1. The number of esters is 2. The van der Waals surface area contributed by atoms with Gasteiger partial charge in [0.1, 0.15) is 5.78 Å². The standard InChI is InChI=1S/C20H25ClN2O5.C10H16O4S/c1-4-28-20(25)18-15(11-27-10-9-22)23-12(2)16(19(24)26-3)17(18)13-7-5-6-8-14(13)21;1-9(2)7-3-4-10(9,8(11)5-7)6-15(12,13)14/h5-8,17,23H,4,9-11,22H2,1-3H3;7H,3-6H2,1-2H3,(H,12,13,14)/t17-;7-,10+/m01/s1. The number of hydrogen-bond donors (Lipinski definition) is 3. The van der Waals surface area contributed by atoms with E-state index in [4.69, 9.17) is 36.1 Å². The van der Waals surface area contributed by atoms with Gasteiger partial charge >= 0.3 is 11.9 Å². The van der Waals surface area contributed by atoms with Crippen LogP contribution in [0.15, 0.2) is 46.8 Å². The zero-order chi connectivity index (χ0) is 32.2. The lowest BCUT2D eigenvalue weighted by Crippen LogP contribution is -2.42. The van der Waals surface area contributed by atoms with Crippen molar-refractivity contribution in [1.29, 1.82) is 0 Å². The van der Waals surface area contributed by atoms with Crippen molar-refractivity contribution < 1.29 is 41.6 Å². The lowest BCUT2D eigenvalue weighted by Gasteiger charge is -2.35. The van der Waals surface area contributed by atoms with Gasteiger partial charge in [-0.05, 0) is 49.7 Å². The van der Waals surface area contributed by atoms with E-state index in [9.17, 15) is 22.8 Å². The van der Waals surface area contributed by atoms with Crippen LogP contribution in [-0.2, 0) is 38.7 Å². The van der Waals surface area contributed by atoms with E-state index in [-0.39, 0.29) is 35.9 Å². The van der Waals surface area contributed by atoms with Crippen molar-refractivity contribution in [3.05, 3.63) is 57.4 Å². The van der Waals surface area contributed by atoms with Gasteiger partial charge in [0.15, 0.2) is 0 Å². The fourth-order valence-electron chi connectivity index (χ4n) is 6.54. The van der Waals surface area contributed by atoms with Crippen LogP contribution < -0.4 is 11.1 Å². The normalized spacial score (nSPS) is 24.3. The summed E-state index contributed by atoms with van der Waals surface area (Å²) in [5.74, 6) is -1.97. The van der Waals surface area contributed by atoms with Crippen LogP contribution in [0.1, 0.15) is 58.4 Å². The Labute approximate surface area is 257 Å². The molecule has 0 radical (unpaired) electrons. The SMILES string of the molecule is CC1(C)[C@@H]2CC[C@]1(CS(=O)(=O)O)C(=O)C2.CCOC(=O)C1=C(COCCN)NC(C)=C(C(=O)OC)[C@@H]1c1ccccc1Cl. The van der Waals surface area contributed by atoms with Gasteiger partial charge in [0, 0.05) is 23.7 Å². The molecule has 0 unspecified atom stereocenters. The molecule has 0 saturated heterocycles. The number of ketones is 1. The van der Waals surface area contributed by atoms with Gasteiger partial charge in [-0.15, -0.1) is 0 Å². The highest BCUT2D eigenvalue weighted by atomic mass is 35.5. The highest BCUT2D eigenvalue weighted by Gasteiger charge is 2.65. The molecule has 1 aromatic carbocycles. The lowest BCUT2D eigenvalue weighted by molar-refractivity contribution is -0.139. The van der Waals surface area contributed by atoms with Gasteiger partial charge in [0.05, 0.1) is 60.9 Å². The van der Waals surface area contributed by atoms with Crippen molar-refractivity contribution >= 4 is 39.4 Å². The minimum Gasteiger partial charge on any atom is -0.466 e. The Bertz CT molecular complexity index is 1420.